The van der Waals surface area contributed by atoms with Crippen LogP contribution < -0.4 is 5.32 Å². The van der Waals surface area contributed by atoms with Crippen molar-refractivity contribution in [3.05, 3.63) is 0 Å². The Balaban J connectivity index is 2.03. The third kappa shape index (κ3) is 2.46. The Labute approximate surface area is 102 Å². The van der Waals surface area contributed by atoms with E-state index < -0.39 is 12.0 Å². The molecule has 0 aromatic carbocycles. The number of carbonyl (C=O) groups excluding carboxylic acids is 2. The second-order valence-electron chi connectivity index (χ2n) is 3.88. The number of aliphatic carboxylic acids is 1. The van der Waals surface area contributed by atoms with Crippen LogP contribution in [0.5, 0.6) is 0 Å². The molecule has 94 valence electrons. The smallest absolute Gasteiger partial charge is 0.327 e. The summed E-state index contributed by atoms with van der Waals surface area (Å²) < 4.78 is 0. The second-order valence-corrected chi connectivity index (χ2v) is 4.88. The minimum absolute atomic E-state index is 0.00629. The molecule has 1 atom stereocenters. The van der Waals surface area contributed by atoms with Crippen LogP contribution in [0.2, 0.25) is 0 Å². The van der Waals surface area contributed by atoms with Crippen molar-refractivity contribution < 1.29 is 19.5 Å². The monoisotopic (exact) mass is 259 g/mol. The summed E-state index contributed by atoms with van der Waals surface area (Å²) in [6.07, 6.45) is 0. The summed E-state index contributed by atoms with van der Waals surface area (Å²) in [5, 5.41) is 11.6. The van der Waals surface area contributed by atoms with Gasteiger partial charge in [-0.25, -0.2) is 9.59 Å². The van der Waals surface area contributed by atoms with Crippen LogP contribution in [0.4, 0.5) is 4.79 Å². The van der Waals surface area contributed by atoms with Crippen LogP contribution in [0, 0.1) is 0 Å². The molecule has 3 amide bonds. The molecule has 0 bridgehead atoms. The van der Waals surface area contributed by atoms with E-state index >= 15 is 0 Å². The first-order valence-corrected chi connectivity index (χ1v) is 6.38. The zero-order chi connectivity index (χ0) is 12.4. The van der Waals surface area contributed by atoms with Gasteiger partial charge in [0.05, 0.1) is 5.88 Å². The number of hydrogen-bond donors (Lipinski definition) is 2. The fourth-order valence-corrected chi connectivity index (χ4v) is 2.96. The quantitative estimate of drug-likeness (QED) is 0.630. The van der Waals surface area contributed by atoms with E-state index in [0.717, 1.165) is 0 Å². The highest BCUT2D eigenvalue weighted by Crippen LogP contribution is 2.22. The van der Waals surface area contributed by atoms with Gasteiger partial charge in [0.15, 0.2) is 0 Å². The minimum atomic E-state index is -0.996. The van der Waals surface area contributed by atoms with Gasteiger partial charge in [-0.3, -0.25) is 4.79 Å². The minimum Gasteiger partial charge on any atom is -0.480 e. The van der Waals surface area contributed by atoms with E-state index in [9.17, 15) is 14.4 Å². The molecule has 2 heterocycles. The Morgan fingerprint density at radius 1 is 1.47 bits per heavy atom. The van der Waals surface area contributed by atoms with Crippen molar-refractivity contribution in [1.82, 2.24) is 15.1 Å². The lowest BCUT2D eigenvalue weighted by atomic mass is 10.3. The highest BCUT2D eigenvalue weighted by atomic mass is 32.2. The Bertz CT molecular complexity index is 362. The van der Waals surface area contributed by atoms with Gasteiger partial charge in [0.2, 0.25) is 5.91 Å². The standard InChI is InChI=1S/C9H13N3O4S/c13-7-3-11(2-1-10-7)9(16)12-5-17-4-6(12)8(14)15/h6H,1-5H2,(H,10,13)(H,14,15)/t6-/m0/s1. The summed E-state index contributed by atoms with van der Waals surface area (Å²) in [4.78, 5) is 36.9. The summed E-state index contributed by atoms with van der Waals surface area (Å²) in [7, 11) is 0. The van der Waals surface area contributed by atoms with Crippen molar-refractivity contribution in [3.8, 4) is 0 Å². The molecule has 2 rings (SSSR count). The van der Waals surface area contributed by atoms with Crippen molar-refractivity contribution >= 4 is 29.7 Å². The first kappa shape index (κ1) is 12.0. The number of rotatable bonds is 1. The van der Waals surface area contributed by atoms with Crippen LogP contribution in [0.3, 0.4) is 0 Å². The lowest BCUT2D eigenvalue weighted by molar-refractivity contribution is -0.140. The van der Waals surface area contributed by atoms with E-state index in [1.807, 2.05) is 0 Å². The summed E-state index contributed by atoms with van der Waals surface area (Å²) >= 11 is 1.41. The van der Waals surface area contributed by atoms with E-state index in [-0.39, 0.29) is 18.5 Å². The van der Waals surface area contributed by atoms with E-state index in [0.29, 0.717) is 24.7 Å². The number of piperazine rings is 1. The fraction of sp³-hybridized carbons (Fsp3) is 0.667. The first-order valence-electron chi connectivity index (χ1n) is 5.22. The van der Waals surface area contributed by atoms with Gasteiger partial charge in [0.1, 0.15) is 12.6 Å². The summed E-state index contributed by atoms with van der Waals surface area (Å²) in [5.41, 5.74) is 0. The molecule has 8 heteroatoms. The van der Waals surface area contributed by atoms with E-state index in [1.165, 1.54) is 21.6 Å². The Kier molecular flexibility index (Phi) is 3.41. The number of nitrogens with one attached hydrogen (secondary N) is 1. The predicted octanol–water partition coefficient (Wildman–Crippen LogP) is -1.00. The van der Waals surface area contributed by atoms with Crippen molar-refractivity contribution in [2.45, 2.75) is 6.04 Å². The maximum atomic E-state index is 12.1. The first-order chi connectivity index (χ1) is 8.09. The average Bonchev–Trinajstić information content (AvgIpc) is 2.77. The third-order valence-electron chi connectivity index (χ3n) is 2.72. The van der Waals surface area contributed by atoms with E-state index in [4.69, 9.17) is 5.11 Å². The number of urea groups is 1. The maximum Gasteiger partial charge on any atom is 0.327 e. The highest BCUT2D eigenvalue weighted by molar-refractivity contribution is 7.99. The fourth-order valence-electron chi connectivity index (χ4n) is 1.82. The van der Waals surface area contributed by atoms with Crippen LogP contribution in [-0.2, 0) is 9.59 Å². The Morgan fingerprint density at radius 2 is 2.24 bits per heavy atom. The molecule has 0 saturated carbocycles. The molecular formula is C9H13N3O4S. The molecule has 2 aliphatic rings. The van der Waals surface area contributed by atoms with E-state index in [1.54, 1.807) is 0 Å². The summed E-state index contributed by atoms with van der Waals surface area (Å²) in [6.45, 7) is 0.855. The van der Waals surface area contributed by atoms with E-state index in [2.05, 4.69) is 5.32 Å². The predicted molar refractivity (Wildman–Crippen MR) is 60.6 cm³/mol. The molecule has 7 nitrogen and oxygen atoms in total. The van der Waals surface area contributed by atoms with Crippen LogP contribution in [0.15, 0.2) is 0 Å². The van der Waals surface area contributed by atoms with Gasteiger partial charge in [-0.1, -0.05) is 0 Å². The highest BCUT2D eigenvalue weighted by Gasteiger charge is 2.37. The molecule has 2 N–H and O–H groups in total. The number of carboxylic acid groups (broad SMARTS) is 1. The van der Waals surface area contributed by atoms with Crippen molar-refractivity contribution in [1.29, 1.82) is 0 Å². The molecule has 2 fully saturated rings. The van der Waals surface area contributed by atoms with Gasteiger partial charge in [0.25, 0.3) is 0 Å². The molecule has 0 radical (unpaired) electrons. The topological polar surface area (TPSA) is 90.0 Å². The number of thioether (sulfide) groups is 1. The number of amides is 3. The van der Waals surface area contributed by atoms with Gasteiger partial charge < -0.3 is 20.2 Å². The lowest BCUT2D eigenvalue weighted by Crippen LogP contribution is -2.55. The normalized spacial score (nSPS) is 24.7. The van der Waals surface area contributed by atoms with Crippen LogP contribution in [0.25, 0.3) is 0 Å². The number of carbonyl (C=O) groups is 3. The number of nitrogens with zero attached hydrogens (tertiary/aromatic N) is 2. The average molecular weight is 259 g/mol. The van der Waals surface area contributed by atoms with Gasteiger partial charge in [-0.15, -0.1) is 11.8 Å². The molecule has 2 aliphatic heterocycles. The van der Waals surface area contributed by atoms with Crippen LogP contribution in [-0.4, -0.2) is 70.1 Å². The Morgan fingerprint density at radius 3 is 2.88 bits per heavy atom. The molecule has 0 aliphatic carbocycles. The second kappa shape index (κ2) is 4.82. The van der Waals surface area contributed by atoms with Crippen molar-refractivity contribution in [3.63, 3.8) is 0 Å². The Hall–Kier alpha value is -1.44. The zero-order valence-electron chi connectivity index (χ0n) is 9.09. The zero-order valence-corrected chi connectivity index (χ0v) is 9.90. The van der Waals surface area contributed by atoms with Gasteiger partial charge in [0, 0.05) is 18.8 Å². The lowest BCUT2D eigenvalue weighted by Gasteiger charge is -2.31. The van der Waals surface area contributed by atoms with Crippen LogP contribution in [0.1, 0.15) is 0 Å². The maximum absolute atomic E-state index is 12.1. The van der Waals surface area contributed by atoms with Gasteiger partial charge in [-0.05, 0) is 0 Å². The molecule has 0 unspecified atom stereocenters. The largest absolute Gasteiger partial charge is 0.480 e. The molecule has 2 saturated heterocycles. The van der Waals surface area contributed by atoms with Crippen molar-refractivity contribution in [2.75, 3.05) is 31.3 Å². The number of hydrogen-bond acceptors (Lipinski definition) is 4. The SMILES string of the molecule is O=C1CN(C(=O)N2CSC[C@H]2C(=O)O)CCN1. The molecule has 0 aromatic heterocycles. The summed E-state index contributed by atoms with van der Waals surface area (Å²) in [5.74, 6) is -0.428. The van der Waals surface area contributed by atoms with Crippen LogP contribution >= 0.6 is 11.8 Å². The van der Waals surface area contributed by atoms with Crippen molar-refractivity contribution in [2.24, 2.45) is 0 Å². The molecule has 17 heavy (non-hydrogen) atoms. The van der Waals surface area contributed by atoms with Gasteiger partial charge >= 0.3 is 12.0 Å². The third-order valence-corrected chi connectivity index (χ3v) is 3.73. The summed E-state index contributed by atoms with van der Waals surface area (Å²) in [6, 6.07) is -1.14. The molecule has 0 aromatic rings. The molecule has 0 spiro atoms. The molecular weight excluding hydrogens is 246 g/mol. The number of carboxylic acids is 1. The van der Waals surface area contributed by atoms with Gasteiger partial charge in [-0.2, -0.15) is 0 Å².